The van der Waals surface area contributed by atoms with Gasteiger partial charge in [0, 0.05) is 19.1 Å². The number of carbonyl (C=O) groups excluding carboxylic acids is 2. The van der Waals surface area contributed by atoms with Crippen molar-refractivity contribution in [1.29, 1.82) is 0 Å². The molecule has 0 atom stereocenters. The number of allylic oxidation sites excluding steroid dienone is 1. The van der Waals surface area contributed by atoms with Gasteiger partial charge < -0.3 is 15.0 Å². The van der Waals surface area contributed by atoms with Crippen LogP contribution in [0.25, 0.3) is 0 Å². The van der Waals surface area contributed by atoms with E-state index in [1.54, 1.807) is 4.90 Å². The van der Waals surface area contributed by atoms with Gasteiger partial charge in [0.25, 0.3) is 0 Å². The van der Waals surface area contributed by atoms with Crippen molar-refractivity contribution < 1.29 is 14.3 Å². The first-order valence-electron chi connectivity index (χ1n) is 9.49. The molecule has 0 unspecified atom stereocenters. The van der Waals surface area contributed by atoms with E-state index in [9.17, 15) is 9.59 Å². The van der Waals surface area contributed by atoms with Gasteiger partial charge in [-0.15, -0.1) is 0 Å². The molecule has 24 heavy (non-hydrogen) atoms. The van der Waals surface area contributed by atoms with Crippen molar-refractivity contribution >= 4 is 12.0 Å². The summed E-state index contributed by atoms with van der Waals surface area (Å²) in [7, 11) is 1.39. The Morgan fingerprint density at radius 2 is 1.96 bits per heavy atom. The Morgan fingerprint density at radius 3 is 2.62 bits per heavy atom. The molecule has 2 aliphatic rings. The number of esters is 1. The molecule has 0 aromatic heterocycles. The van der Waals surface area contributed by atoms with Gasteiger partial charge in [0.1, 0.15) is 0 Å². The third kappa shape index (κ3) is 6.54. The van der Waals surface area contributed by atoms with Gasteiger partial charge in [-0.2, -0.15) is 0 Å². The lowest BCUT2D eigenvalue weighted by Crippen LogP contribution is -2.46. The second kappa shape index (κ2) is 10.4. The molecule has 0 aromatic carbocycles. The lowest BCUT2D eigenvalue weighted by Gasteiger charge is -2.29. The largest absolute Gasteiger partial charge is 0.469 e. The summed E-state index contributed by atoms with van der Waals surface area (Å²) in [6.07, 6.45) is 14.1. The molecule has 136 valence electrons. The van der Waals surface area contributed by atoms with E-state index in [0.717, 1.165) is 32.1 Å². The number of nitrogens with zero attached hydrogens (tertiary/aromatic N) is 1. The topological polar surface area (TPSA) is 58.6 Å². The number of rotatable bonds is 7. The molecule has 2 aliphatic carbocycles. The maximum absolute atomic E-state index is 12.6. The molecule has 5 nitrogen and oxygen atoms in total. The van der Waals surface area contributed by atoms with Crippen LogP contribution in [0, 0.1) is 0 Å². The second-order valence-electron chi connectivity index (χ2n) is 6.96. The molecular weight excluding hydrogens is 304 g/mol. The van der Waals surface area contributed by atoms with Crippen LogP contribution in [0.5, 0.6) is 0 Å². The van der Waals surface area contributed by atoms with Crippen LogP contribution in [0.1, 0.15) is 70.6 Å². The Balaban J connectivity index is 1.85. The van der Waals surface area contributed by atoms with Gasteiger partial charge in [0.15, 0.2) is 0 Å². The van der Waals surface area contributed by atoms with E-state index in [1.807, 2.05) is 0 Å². The molecule has 0 spiro atoms. The van der Waals surface area contributed by atoms with Crippen LogP contribution in [0.4, 0.5) is 4.79 Å². The third-order valence-corrected chi connectivity index (χ3v) is 5.12. The summed E-state index contributed by atoms with van der Waals surface area (Å²) in [4.78, 5) is 25.9. The van der Waals surface area contributed by atoms with E-state index in [2.05, 4.69) is 11.4 Å². The summed E-state index contributed by atoms with van der Waals surface area (Å²) in [6.45, 7) is 1.11. The fourth-order valence-electron chi connectivity index (χ4n) is 3.57. The van der Waals surface area contributed by atoms with E-state index in [1.165, 1.54) is 44.8 Å². The van der Waals surface area contributed by atoms with Crippen LogP contribution in [-0.4, -0.2) is 43.1 Å². The average Bonchev–Trinajstić information content (AvgIpc) is 2.63. The van der Waals surface area contributed by atoms with Crippen molar-refractivity contribution in [3.63, 3.8) is 0 Å². The van der Waals surface area contributed by atoms with Gasteiger partial charge in [0.2, 0.25) is 0 Å². The second-order valence-corrected chi connectivity index (χ2v) is 6.96. The van der Waals surface area contributed by atoms with Crippen molar-refractivity contribution in [1.82, 2.24) is 10.2 Å². The molecule has 1 fully saturated rings. The van der Waals surface area contributed by atoms with Crippen molar-refractivity contribution in [2.45, 2.75) is 76.7 Å². The first-order valence-corrected chi connectivity index (χ1v) is 9.49. The van der Waals surface area contributed by atoms with E-state index in [0.29, 0.717) is 19.1 Å². The number of hydrogen-bond donors (Lipinski definition) is 1. The van der Waals surface area contributed by atoms with Crippen LogP contribution in [0.15, 0.2) is 11.6 Å². The first kappa shape index (κ1) is 18.8. The normalized spacial score (nSPS) is 18.6. The zero-order valence-electron chi connectivity index (χ0n) is 15.0. The van der Waals surface area contributed by atoms with Crippen LogP contribution >= 0.6 is 0 Å². The van der Waals surface area contributed by atoms with Crippen LogP contribution in [0.3, 0.4) is 0 Å². The highest BCUT2D eigenvalue weighted by atomic mass is 16.5. The summed E-state index contributed by atoms with van der Waals surface area (Å²) in [5, 5.41) is 3.16. The molecule has 0 aliphatic heterocycles. The number of nitrogens with one attached hydrogen (secondary N) is 1. The summed E-state index contributed by atoms with van der Waals surface area (Å²) >= 11 is 0. The van der Waals surface area contributed by atoms with E-state index in [-0.39, 0.29) is 18.4 Å². The lowest BCUT2D eigenvalue weighted by molar-refractivity contribution is -0.140. The molecule has 0 heterocycles. The van der Waals surface area contributed by atoms with Gasteiger partial charge in [0.05, 0.1) is 13.5 Å². The number of urea groups is 1. The summed E-state index contributed by atoms with van der Waals surface area (Å²) in [5.41, 5.74) is 1.45. The third-order valence-electron chi connectivity index (χ3n) is 5.12. The Labute approximate surface area is 145 Å². The summed E-state index contributed by atoms with van der Waals surface area (Å²) in [6, 6.07) is 0.267. The summed E-state index contributed by atoms with van der Waals surface area (Å²) < 4.78 is 4.72. The van der Waals surface area contributed by atoms with E-state index < -0.39 is 0 Å². The monoisotopic (exact) mass is 336 g/mol. The average molecular weight is 336 g/mol. The number of amides is 2. The quantitative estimate of drug-likeness (QED) is 0.568. The molecular formula is C19H32N2O3. The minimum atomic E-state index is -0.262. The maximum atomic E-state index is 12.6. The van der Waals surface area contributed by atoms with Crippen LogP contribution in [0.2, 0.25) is 0 Å². The SMILES string of the molecule is COC(=O)CCN(CCC1=CCCCC1)C(=O)NC1CCCCC1. The molecule has 2 amide bonds. The van der Waals surface area contributed by atoms with Gasteiger partial charge in [-0.3, -0.25) is 4.79 Å². The van der Waals surface area contributed by atoms with Crippen molar-refractivity contribution in [3.05, 3.63) is 11.6 Å². The van der Waals surface area contributed by atoms with Gasteiger partial charge in [-0.25, -0.2) is 4.79 Å². The molecule has 1 saturated carbocycles. The van der Waals surface area contributed by atoms with Gasteiger partial charge in [-0.1, -0.05) is 30.9 Å². The minimum Gasteiger partial charge on any atom is -0.469 e. The molecule has 0 bridgehead atoms. The highest BCUT2D eigenvalue weighted by Crippen LogP contribution is 2.21. The molecule has 5 heteroatoms. The molecule has 2 rings (SSSR count). The van der Waals surface area contributed by atoms with Gasteiger partial charge in [-0.05, 0) is 44.9 Å². The molecule has 1 N–H and O–H groups in total. The van der Waals surface area contributed by atoms with Gasteiger partial charge >= 0.3 is 12.0 Å². The fourth-order valence-corrected chi connectivity index (χ4v) is 3.57. The van der Waals surface area contributed by atoms with E-state index in [4.69, 9.17) is 4.74 Å². The number of methoxy groups -OCH3 is 1. The molecule has 0 radical (unpaired) electrons. The standard InChI is InChI=1S/C19H32N2O3/c1-24-18(22)13-15-21(14-12-16-8-4-2-5-9-16)19(23)20-17-10-6-3-7-11-17/h8,17H,2-7,9-15H2,1H3,(H,20,23). The Hall–Kier alpha value is -1.52. The number of carbonyl (C=O) groups is 2. The highest BCUT2D eigenvalue weighted by molar-refractivity contribution is 5.76. The molecule has 0 saturated heterocycles. The molecule has 0 aromatic rings. The maximum Gasteiger partial charge on any atom is 0.317 e. The predicted octanol–water partition coefficient (Wildman–Crippen LogP) is 3.78. The minimum absolute atomic E-state index is 0.0257. The number of ether oxygens (including phenoxy) is 1. The smallest absolute Gasteiger partial charge is 0.317 e. The first-order chi connectivity index (χ1) is 11.7. The zero-order chi connectivity index (χ0) is 17.2. The Kier molecular flexibility index (Phi) is 8.13. The fraction of sp³-hybridized carbons (Fsp3) is 0.789. The number of hydrogen-bond acceptors (Lipinski definition) is 3. The van der Waals surface area contributed by atoms with Crippen molar-refractivity contribution in [2.75, 3.05) is 20.2 Å². The van der Waals surface area contributed by atoms with Crippen LogP contribution < -0.4 is 5.32 Å². The van der Waals surface area contributed by atoms with Crippen LogP contribution in [-0.2, 0) is 9.53 Å². The van der Waals surface area contributed by atoms with Crippen molar-refractivity contribution in [3.8, 4) is 0 Å². The Bertz CT molecular complexity index is 442. The summed E-state index contributed by atoms with van der Waals surface area (Å²) in [5.74, 6) is -0.262. The predicted molar refractivity (Wildman–Crippen MR) is 94.8 cm³/mol. The Morgan fingerprint density at radius 1 is 1.17 bits per heavy atom. The van der Waals surface area contributed by atoms with E-state index >= 15 is 0 Å². The lowest BCUT2D eigenvalue weighted by atomic mass is 9.95. The highest BCUT2D eigenvalue weighted by Gasteiger charge is 2.21. The van der Waals surface area contributed by atoms with Crippen molar-refractivity contribution in [2.24, 2.45) is 0 Å². The zero-order valence-corrected chi connectivity index (χ0v) is 15.0.